The highest BCUT2D eigenvalue weighted by Gasteiger charge is 2.56. The summed E-state index contributed by atoms with van der Waals surface area (Å²) in [6.07, 6.45) is 4.09. The summed E-state index contributed by atoms with van der Waals surface area (Å²) in [4.78, 5) is 74.2. The first kappa shape index (κ1) is 42.7. The number of aliphatic imine (C=N–C) groups is 2. The molecule has 1 aromatic heterocycles. The monoisotopic (exact) mass is 888 g/mol. The van der Waals surface area contributed by atoms with Crippen molar-refractivity contribution in [1.29, 1.82) is 0 Å². The number of H-pyrrole nitrogens is 1. The normalized spacial score (nSPS) is 24.0. The van der Waals surface area contributed by atoms with Crippen LogP contribution in [0.3, 0.4) is 0 Å². The van der Waals surface area contributed by atoms with Gasteiger partial charge in [0.2, 0.25) is 11.8 Å². The number of aromatic nitrogens is 2. The molecule has 4 heterocycles. The molecule has 4 aromatic rings. The second-order valence-corrected chi connectivity index (χ2v) is 19.5. The van der Waals surface area contributed by atoms with Gasteiger partial charge in [-0.2, -0.15) is 8.78 Å². The number of piperidine rings is 1. The number of nitrogens with zero attached hydrogens (tertiary/aromatic N) is 5. The molecule has 3 N–H and O–H groups in total. The fraction of sp³-hybridized carbons (Fsp3) is 0.490. The Labute approximate surface area is 375 Å². The molecular formula is C49H54F2N8O6. The molecule has 6 atom stereocenters. The molecule has 16 heteroatoms. The number of hydrogen-bond acceptors (Lipinski definition) is 9. The van der Waals surface area contributed by atoms with E-state index in [4.69, 9.17) is 24.4 Å². The number of alkyl halides is 2. The van der Waals surface area contributed by atoms with Crippen LogP contribution in [0.1, 0.15) is 94.8 Å². The molecule has 65 heavy (non-hydrogen) atoms. The van der Waals surface area contributed by atoms with Crippen molar-refractivity contribution >= 4 is 46.6 Å². The Morgan fingerprint density at radius 2 is 1.43 bits per heavy atom. The number of nitrogens with one attached hydrogen (secondary N) is 3. The standard InChI is InChI=1S/C49H54F2N8O6/c1-24(2)39(56-46(62)64-5)44(60)58-23-48(15-16-48)21-38(58)42-52-22-37(55-42)28-9-13-32-31-12-8-26(18-33(31)49(50,51)34(32)19-28)27-10-14-35-36(20-27)54-43(53-35)41-29-7-11-30(17-29)59(41)45(61)40(25(3)4)57-47(63)65-6/h8-10,12-14,18-20,24-25,29-30,38-41H,7,11,15-17,21-23H2,1-6H3,(H,53,54)(H,56,62)(H,57,63)/t29-,30+,38-,39+,40-,41+/m0/s1. The summed E-state index contributed by atoms with van der Waals surface area (Å²) in [5.41, 5.74) is 4.67. The van der Waals surface area contributed by atoms with Gasteiger partial charge < -0.3 is 34.9 Å². The number of rotatable bonds is 10. The number of hydrogen-bond donors (Lipinski definition) is 3. The Kier molecular flexibility index (Phi) is 10.4. The lowest BCUT2D eigenvalue weighted by atomic mass is 9.95. The van der Waals surface area contributed by atoms with Crippen LogP contribution < -0.4 is 10.6 Å². The first-order chi connectivity index (χ1) is 31.1. The summed E-state index contributed by atoms with van der Waals surface area (Å²) >= 11 is 0. The zero-order chi connectivity index (χ0) is 45.7. The minimum Gasteiger partial charge on any atom is -0.453 e. The molecule has 3 aliphatic carbocycles. The molecule has 1 spiro atoms. The summed E-state index contributed by atoms with van der Waals surface area (Å²) in [5, 5.41) is 5.43. The number of aromatic amines is 1. The van der Waals surface area contributed by atoms with E-state index < -0.39 is 30.2 Å². The summed E-state index contributed by atoms with van der Waals surface area (Å²) in [6.45, 7) is 8.28. The highest BCUT2D eigenvalue weighted by atomic mass is 19.3. The third-order valence-electron chi connectivity index (χ3n) is 14.8. The number of carbonyl (C=O) groups excluding carboxylic acids is 4. The highest BCUT2D eigenvalue weighted by Crippen LogP contribution is 2.56. The van der Waals surface area contributed by atoms with E-state index in [1.54, 1.807) is 23.1 Å². The van der Waals surface area contributed by atoms with Crippen LogP contribution in [-0.2, 0) is 25.0 Å². The second kappa shape index (κ2) is 15.8. The van der Waals surface area contributed by atoms with Gasteiger partial charge >= 0.3 is 12.2 Å². The molecule has 0 unspecified atom stereocenters. The van der Waals surface area contributed by atoms with E-state index >= 15 is 8.78 Å². The van der Waals surface area contributed by atoms with Crippen molar-refractivity contribution < 1.29 is 37.4 Å². The number of carbonyl (C=O) groups is 4. The SMILES string of the molecule is COC(=O)N[C@H](C(=O)N1[C@@H]2CC[C@@H](C2)[C@@H]1c1nc2ccc(-c3ccc4c(c3)C(F)(F)c3cc(C5=NC([C@@H]6CC7(CC7)CN6C(=O)[C@H](NC(=O)OC)C(C)C)=NC5)ccc3-4)cc2[nH]1)C(C)C. The number of alkyl carbamates (subject to hydrolysis) is 2. The number of benzene rings is 3. The molecule has 3 aromatic carbocycles. The van der Waals surface area contributed by atoms with Crippen molar-refractivity contribution in [2.75, 3.05) is 27.3 Å². The van der Waals surface area contributed by atoms with Crippen LogP contribution >= 0.6 is 0 Å². The number of ether oxygens (including phenoxy) is 2. The minimum atomic E-state index is -3.29. The van der Waals surface area contributed by atoms with Crippen molar-refractivity contribution in [3.63, 3.8) is 0 Å². The van der Waals surface area contributed by atoms with Gasteiger partial charge in [0.15, 0.2) is 0 Å². The van der Waals surface area contributed by atoms with Crippen LogP contribution in [0.4, 0.5) is 18.4 Å². The smallest absolute Gasteiger partial charge is 0.407 e. The number of imidazole rings is 1. The van der Waals surface area contributed by atoms with Crippen molar-refractivity contribution in [2.45, 2.75) is 102 Å². The Balaban J connectivity index is 0.887. The average molecular weight is 889 g/mol. The fourth-order valence-electron chi connectivity index (χ4n) is 11.1. The Morgan fingerprint density at radius 1 is 0.815 bits per heavy atom. The molecular weight excluding hydrogens is 835 g/mol. The summed E-state index contributed by atoms with van der Waals surface area (Å²) in [7, 11) is 2.54. The largest absolute Gasteiger partial charge is 0.453 e. The predicted octanol–water partition coefficient (Wildman–Crippen LogP) is 7.75. The number of likely N-dealkylation sites (tertiary alicyclic amines) is 2. The first-order valence-electron chi connectivity index (χ1n) is 22.7. The molecule has 14 nitrogen and oxygen atoms in total. The molecule has 2 saturated carbocycles. The summed E-state index contributed by atoms with van der Waals surface area (Å²) < 4.78 is 43.0. The van der Waals surface area contributed by atoms with Gasteiger partial charge in [-0.15, -0.1) is 0 Å². The van der Waals surface area contributed by atoms with Crippen LogP contribution in [0, 0.1) is 23.2 Å². The maximum atomic E-state index is 16.7. The third-order valence-corrected chi connectivity index (χ3v) is 14.8. The first-order valence-corrected chi connectivity index (χ1v) is 22.7. The van der Waals surface area contributed by atoms with Crippen LogP contribution in [0.2, 0.25) is 0 Å². The molecule has 2 saturated heterocycles. The molecule has 6 aliphatic rings. The lowest BCUT2D eigenvalue weighted by Crippen LogP contribution is -2.54. The van der Waals surface area contributed by atoms with E-state index in [0.29, 0.717) is 58.1 Å². The van der Waals surface area contributed by atoms with Crippen molar-refractivity contribution in [3.8, 4) is 22.3 Å². The van der Waals surface area contributed by atoms with Gasteiger partial charge in [-0.1, -0.05) is 58.0 Å². The zero-order valence-corrected chi connectivity index (χ0v) is 37.4. The van der Waals surface area contributed by atoms with Crippen LogP contribution in [0.25, 0.3) is 33.3 Å². The van der Waals surface area contributed by atoms with E-state index in [1.165, 1.54) is 20.3 Å². The number of fused-ring (bicyclic) bond motifs is 6. The van der Waals surface area contributed by atoms with Crippen LogP contribution in [0.15, 0.2) is 64.6 Å². The Hall–Kier alpha value is -6.19. The van der Waals surface area contributed by atoms with E-state index in [-0.39, 0.29) is 70.8 Å². The van der Waals surface area contributed by atoms with Gasteiger partial charge in [-0.3, -0.25) is 14.6 Å². The zero-order valence-electron chi connectivity index (χ0n) is 37.4. The number of halogens is 2. The molecule has 10 rings (SSSR count). The topological polar surface area (TPSA) is 171 Å². The predicted molar refractivity (Wildman–Crippen MR) is 240 cm³/mol. The van der Waals surface area contributed by atoms with Crippen molar-refractivity contribution in [2.24, 2.45) is 33.2 Å². The van der Waals surface area contributed by atoms with Gasteiger partial charge in [-0.05, 0) is 114 Å². The molecule has 4 fully saturated rings. The van der Waals surface area contributed by atoms with Gasteiger partial charge in [0.05, 0.1) is 49.6 Å². The molecule has 4 amide bonds. The molecule has 3 aliphatic heterocycles. The van der Waals surface area contributed by atoms with Crippen molar-refractivity contribution in [1.82, 2.24) is 30.4 Å². The van der Waals surface area contributed by atoms with E-state index in [2.05, 4.69) is 15.6 Å². The van der Waals surface area contributed by atoms with Crippen LogP contribution in [-0.4, -0.2) is 107 Å². The number of methoxy groups -OCH3 is 2. The van der Waals surface area contributed by atoms with Gasteiger partial charge in [-0.25, -0.2) is 19.6 Å². The van der Waals surface area contributed by atoms with E-state index in [0.717, 1.165) is 43.2 Å². The lowest BCUT2D eigenvalue weighted by Gasteiger charge is -2.37. The molecule has 2 bridgehead atoms. The Morgan fingerprint density at radius 3 is 2.08 bits per heavy atom. The fourth-order valence-corrected chi connectivity index (χ4v) is 11.1. The Bertz CT molecular complexity index is 2710. The quantitative estimate of drug-likeness (QED) is 0.146. The number of amides is 4. The third kappa shape index (κ3) is 7.23. The molecule has 0 radical (unpaired) electrons. The maximum absolute atomic E-state index is 16.7. The van der Waals surface area contributed by atoms with Crippen LogP contribution in [0.5, 0.6) is 0 Å². The number of amidine groups is 1. The van der Waals surface area contributed by atoms with E-state index in [1.807, 2.05) is 62.9 Å². The van der Waals surface area contributed by atoms with Gasteiger partial charge in [0.1, 0.15) is 23.7 Å². The summed E-state index contributed by atoms with van der Waals surface area (Å²) in [6, 6.07) is 13.8. The van der Waals surface area contributed by atoms with E-state index in [9.17, 15) is 19.2 Å². The minimum absolute atomic E-state index is 0.00406. The van der Waals surface area contributed by atoms with Gasteiger partial charge in [0.25, 0.3) is 5.92 Å². The molecule has 340 valence electrons. The van der Waals surface area contributed by atoms with Crippen molar-refractivity contribution in [3.05, 3.63) is 77.1 Å². The summed E-state index contributed by atoms with van der Waals surface area (Å²) in [5.74, 6) is -2.61. The lowest BCUT2D eigenvalue weighted by molar-refractivity contribution is -0.139. The second-order valence-electron chi connectivity index (χ2n) is 19.5. The van der Waals surface area contributed by atoms with Gasteiger partial charge in [0, 0.05) is 23.7 Å². The highest BCUT2D eigenvalue weighted by molar-refractivity contribution is 6.14. The maximum Gasteiger partial charge on any atom is 0.407 e. The average Bonchev–Trinajstić information content (AvgIpc) is 3.95.